The maximum Gasteiger partial charge on any atom is 0.181 e. The van der Waals surface area contributed by atoms with Crippen molar-refractivity contribution in [3.63, 3.8) is 0 Å². The summed E-state index contributed by atoms with van der Waals surface area (Å²) in [6.07, 6.45) is 1.92. The summed E-state index contributed by atoms with van der Waals surface area (Å²) in [4.78, 5) is 9.93. The Bertz CT molecular complexity index is 732. The molecule has 0 saturated carbocycles. The monoisotopic (exact) mass is 304 g/mol. The van der Waals surface area contributed by atoms with Crippen LogP contribution in [0.1, 0.15) is 28.4 Å². The number of hydrogen-bond acceptors (Lipinski definition) is 6. The first-order chi connectivity index (χ1) is 9.61. The quantitative estimate of drug-likeness (QED) is 0.774. The van der Waals surface area contributed by atoms with E-state index in [4.69, 9.17) is 5.73 Å². The van der Waals surface area contributed by atoms with Crippen molar-refractivity contribution in [3.05, 3.63) is 39.8 Å². The van der Waals surface area contributed by atoms with Gasteiger partial charge in [-0.15, -0.1) is 11.3 Å². The van der Waals surface area contributed by atoms with Gasteiger partial charge in [0.05, 0.1) is 16.3 Å². The average Bonchev–Trinajstić information content (AvgIpc) is 3.00. The van der Waals surface area contributed by atoms with Crippen molar-refractivity contribution in [1.82, 2.24) is 15.3 Å². The van der Waals surface area contributed by atoms with Gasteiger partial charge >= 0.3 is 0 Å². The Balaban J connectivity index is 1.70. The van der Waals surface area contributed by atoms with Crippen LogP contribution in [-0.2, 0) is 6.54 Å². The summed E-state index contributed by atoms with van der Waals surface area (Å²) in [7, 11) is 0. The van der Waals surface area contributed by atoms with Gasteiger partial charge in [-0.1, -0.05) is 17.4 Å². The van der Waals surface area contributed by atoms with Gasteiger partial charge in [-0.2, -0.15) is 0 Å². The van der Waals surface area contributed by atoms with Crippen molar-refractivity contribution in [1.29, 1.82) is 0 Å². The van der Waals surface area contributed by atoms with E-state index in [1.165, 1.54) is 21.8 Å². The van der Waals surface area contributed by atoms with Gasteiger partial charge in [0, 0.05) is 17.6 Å². The summed E-state index contributed by atoms with van der Waals surface area (Å²) in [5, 5.41) is 5.25. The van der Waals surface area contributed by atoms with Crippen molar-refractivity contribution in [2.24, 2.45) is 0 Å². The molecule has 3 N–H and O–H groups in total. The Morgan fingerprint density at radius 2 is 2.20 bits per heavy atom. The van der Waals surface area contributed by atoms with Crippen LogP contribution in [0.25, 0.3) is 10.2 Å². The van der Waals surface area contributed by atoms with Crippen LogP contribution in [0.3, 0.4) is 0 Å². The lowest BCUT2D eigenvalue weighted by Crippen LogP contribution is -2.17. The second-order valence-corrected chi connectivity index (χ2v) is 7.09. The number of hydrogen-bond donors (Lipinski definition) is 2. The average molecular weight is 304 g/mol. The minimum atomic E-state index is 0.260. The molecule has 6 heteroatoms. The van der Waals surface area contributed by atoms with Gasteiger partial charge in [0.25, 0.3) is 0 Å². The Morgan fingerprint density at radius 3 is 2.95 bits per heavy atom. The molecule has 0 radical (unpaired) electrons. The first-order valence-electron chi connectivity index (χ1n) is 6.42. The molecule has 0 aliphatic heterocycles. The number of thiazole rings is 2. The van der Waals surface area contributed by atoms with Gasteiger partial charge < -0.3 is 11.1 Å². The maximum absolute atomic E-state index is 5.73. The molecule has 2 aromatic heterocycles. The third kappa shape index (κ3) is 2.82. The summed E-state index contributed by atoms with van der Waals surface area (Å²) in [6.45, 7) is 5.03. The van der Waals surface area contributed by atoms with Gasteiger partial charge in [0.1, 0.15) is 5.01 Å². The lowest BCUT2D eigenvalue weighted by atomic mass is 10.2. The van der Waals surface area contributed by atoms with Crippen LogP contribution in [0.15, 0.2) is 24.4 Å². The highest BCUT2D eigenvalue weighted by atomic mass is 32.1. The van der Waals surface area contributed by atoms with Crippen LogP contribution < -0.4 is 11.1 Å². The zero-order chi connectivity index (χ0) is 14.1. The Morgan fingerprint density at radius 1 is 1.35 bits per heavy atom. The lowest BCUT2D eigenvalue weighted by molar-refractivity contribution is 0.572. The molecular formula is C14H16N4S2. The van der Waals surface area contributed by atoms with E-state index in [2.05, 4.69) is 41.3 Å². The Hall–Kier alpha value is -1.50. The van der Waals surface area contributed by atoms with Gasteiger partial charge in [-0.25, -0.2) is 9.97 Å². The van der Waals surface area contributed by atoms with E-state index < -0.39 is 0 Å². The van der Waals surface area contributed by atoms with Gasteiger partial charge in [-0.05, 0) is 31.5 Å². The molecule has 20 heavy (non-hydrogen) atoms. The van der Waals surface area contributed by atoms with Crippen LogP contribution in [0.2, 0.25) is 0 Å². The molecule has 104 valence electrons. The molecular weight excluding hydrogens is 288 g/mol. The Kier molecular flexibility index (Phi) is 3.69. The van der Waals surface area contributed by atoms with E-state index in [1.54, 1.807) is 11.3 Å². The van der Waals surface area contributed by atoms with Crippen molar-refractivity contribution in [2.45, 2.75) is 26.4 Å². The molecule has 3 aromatic rings. The standard InChI is InChI=1S/C14H16N4S2/c1-8-6-17-13(19-8)9(2)16-7-10-3-4-11-12(5-10)20-14(15)18-11/h3-6,9,16H,7H2,1-2H3,(H2,15,18). The van der Waals surface area contributed by atoms with Crippen molar-refractivity contribution in [3.8, 4) is 0 Å². The molecule has 0 aliphatic carbocycles. The lowest BCUT2D eigenvalue weighted by Gasteiger charge is -2.11. The SMILES string of the molecule is Cc1cnc(C(C)NCc2ccc3nc(N)sc3c2)s1. The fraction of sp³-hybridized carbons (Fsp3) is 0.286. The molecule has 2 heterocycles. The molecule has 0 bridgehead atoms. The molecule has 0 amide bonds. The van der Waals surface area contributed by atoms with Gasteiger partial charge in [0.15, 0.2) is 5.13 Å². The molecule has 1 unspecified atom stereocenters. The zero-order valence-corrected chi connectivity index (χ0v) is 13.0. The molecule has 0 saturated heterocycles. The Labute approximate surface area is 125 Å². The van der Waals surface area contributed by atoms with Crippen LogP contribution in [0.5, 0.6) is 0 Å². The second-order valence-electron chi connectivity index (χ2n) is 4.77. The number of nitrogens with zero attached hydrogens (tertiary/aromatic N) is 2. The predicted molar refractivity (Wildman–Crippen MR) is 86.1 cm³/mol. The second kappa shape index (κ2) is 5.47. The number of fused-ring (bicyclic) bond motifs is 1. The molecule has 1 atom stereocenters. The predicted octanol–water partition coefficient (Wildman–Crippen LogP) is 3.49. The number of aromatic nitrogens is 2. The number of rotatable bonds is 4. The molecule has 0 fully saturated rings. The summed E-state index contributed by atoms with van der Waals surface area (Å²) in [5.41, 5.74) is 7.94. The highest BCUT2D eigenvalue weighted by molar-refractivity contribution is 7.22. The van der Waals surface area contributed by atoms with Gasteiger partial charge in [0.2, 0.25) is 0 Å². The summed E-state index contributed by atoms with van der Waals surface area (Å²) in [5.74, 6) is 0. The fourth-order valence-corrected chi connectivity index (χ4v) is 3.63. The van der Waals surface area contributed by atoms with E-state index in [-0.39, 0.29) is 6.04 Å². The summed E-state index contributed by atoms with van der Waals surface area (Å²) >= 11 is 3.27. The topological polar surface area (TPSA) is 63.8 Å². The van der Waals surface area contributed by atoms with E-state index in [1.807, 2.05) is 12.3 Å². The minimum Gasteiger partial charge on any atom is -0.375 e. The number of benzene rings is 1. The number of anilines is 1. The third-order valence-corrected chi connectivity index (χ3v) is 5.03. The van der Waals surface area contributed by atoms with Gasteiger partial charge in [-0.3, -0.25) is 0 Å². The number of nitrogen functional groups attached to an aromatic ring is 1. The van der Waals surface area contributed by atoms with Crippen LogP contribution in [0, 0.1) is 6.92 Å². The zero-order valence-electron chi connectivity index (χ0n) is 11.4. The molecule has 4 nitrogen and oxygen atoms in total. The highest BCUT2D eigenvalue weighted by Crippen LogP contribution is 2.25. The largest absolute Gasteiger partial charge is 0.375 e. The van der Waals surface area contributed by atoms with Crippen LogP contribution in [-0.4, -0.2) is 9.97 Å². The normalized spacial score (nSPS) is 12.9. The molecule has 1 aromatic carbocycles. The van der Waals surface area contributed by atoms with Crippen molar-refractivity contribution >= 4 is 38.0 Å². The van der Waals surface area contributed by atoms with Crippen LogP contribution >= 0.6 is 22.7 Å². The van der Waals surface area contributed by atoms with E-state index >= 15 is 0 Å². The van der Waals surface area contributed by atoms with Crippen molar-refractivity contribution in [2.75, 3.05) is 5.73 Å². The number of nitrogens with two attached hydrogens (primary N) is 1. The van der Waals surface area contributed by atoms with E-state index in [9.17, 15) is 0 Å². The highest BCUT2D eigenvalue weighted by Gasteiger charge is 2.09. The first kappa shape index (κ1) is 13.5. The fourth-order valence-electron chi connectivity index (χ4n) is 2.03. The van der Waals surface area contributed by atoms with Crippen LogP contribution in [0.4, 0.5) is 5.13 Å². The number of aryl methyl sites for hydroxylation is 1. The van der Waals surface area contributed by atoms with Crippen molar-refractivity contribution < 1.29 is 0 Å². The first-order valence-corrected chi connectivity index (χ1v) is 8.06. The van der Waals surface area contributed by atoms with E-state index in [0.29, 0.717) is 5.13 Å². The molecule has 0 spiro atoms. The number of nitrogens with one attached hydrogen (secondary N) is 1. The smallest absolute Gasteiger partial charge is 0.181 e. The molecule has 3 rings (SSSR count). The third-order valence-electron chi connectivity index (χ3n) is 3.09. The maximum atomic E-state index is 5.73. The summed E-state index contributed by atoms with van der Waals surface area (Å²) < 4.78 is 1.14. The summed E-state index contributed by atoms with van der Waals surface area (Å²) in [6, 6.07) is 6.53. The minimum absolute atomic E-state index is 0.260. The molecule has 0 aliphatic rings. The van der Waals surface area contributed by atoms with E-state index in [0.717, 1.165) is 21.8 Å².